The fraction of sp³-hybridized carbons (Fsp3) is 0.611. The third-order valence-corrected chi connectivity index (χ3v) is 4.45. The molecule has 1 aliphatic rings. The summed E-state index contributed by atoms with van der Waals surface area (Å²) in [7, 11) is 4.12. The Morgan fingerprint density at radius 3 is 2.57 bits per heavy atom. The van der Waals surface area contributed by atoms with Gasteiger partial charge in [-0.25, -0.2) is 0 Å². The smallest absolute Gasteiger partial charge is 0.237 e. The Balaban J connectivity index is 0.00000264. The Kier molecular flexibility index (Phi) is 7.52. The third-order valence-electron chi connectivity index (χ3n) is 4.45. The Labute approximate surface area is 146 Å². The Morgan fingerprint density at radius 2 is 1.96 bits per heavy atom. The number of rotatable bonds is 5. The quantitative estimate of drug-likeness (QED) is 0.866. The summed E-state index contributed by atoms with van der Waals surface area (Å²) >= 11 is 0. The first-order chi connectivity index (χ1) is 10.4. The highest BCUT2D eigenvalue weighted by Gasteiger charge is 2.36. The van der Waals surface area contributed by atoms with E-state index in [2.05, 4.69) is 61.7 Å². The maximum absolute atomic E-state index is 12.5. The molecule has 0 radical (unpaired) electrons. The SMILES string of the molecule is CN(C)Cc1ccccc1CNC(=O)C1NCCCC1(C)C.Cl. The van der Waals surface area contributed by atoms with Crippen molar-refractivity contribution in [3.05, 3.63) is 35.4 Å². The molecule has 5 heteroatoms. The van der Waals surface area contributed by atoms with Crippen LogP contribution < -0.4 is 10.6 Å². The second kappa shape index (κ2) is 8.67. The molecule has 130 valence electrons. The minimum absolute atomic E-state index is 0. The van der Waals surface area contributed by atoms with Gasteiger partial charge < -0.3 is 15.5 Å². The highest BCUT2D eigenvalue weighted by atomic mass is 35.5. The number of carbonyl (C=O) groups is 1. The van der Waals surface area contributed by atoms with Gasteiger partial charge >= 0.3 is 0 Å². The molecule has 4 nitrogen and oxygen atoms in total. The van der Waals surface area contributed by atoms with Gasteiger partial charge in [-0.1, -0.05) is 38.1 Å². The average molecular weight is 340 g/mol. The van der Waals surface area contributed by atoms with Crippen LogP contribution in [0.25, 0.3) is 0 Å². The van der Waals surface area contributed by atoms with E-state index >= 15 is 0 Å². The molecule has 0 saturated carbocycles. The first kappa shape index (κ1) is 19.9. The minimum atomic E-state index is -0.0951. The summed E-state index contributed by atoms with van der Waals surface area (Å²) in [6.07, 6.45) is 2.23. The summed E-state index contributed by atoms with van der Waals surface area (Å²) in [5.41, 5.74) is 2.48. The topological polar surface area (TPSA) is 44.4 Å². The molecule has 1 amide bonds. The predicted molar refractivity (Wildman–Crippen MR) is 97.7 cm³/mol. The van der Waals surface area contributed by atoms with E-state index in [1.54, 1.807) is 0 Å². The molecule has 1 heterocycles. The van der Waals surface area contributed by atoms with Crippen LogP contribution in [0.1, 0.15) is 37.8 Å². The molecule has 2 N–H and O–H groups in total. The molecule has 0 spiro atoms. The summed E-state index contributed by atoms with van der Waals surface area (Å²) in [5.74, 6) is 0.115. The highest BCUT2D eigenvalue weighted by Crippen LogP contribution is 2.30. The molecule has 1 unspecified atom stereocenters. The fourth-order valence-corrected chi connectivity index (χ4v) is 3.17. The van der Waals surface area contributed by atoms with Crippen LogP contribution in [0.3, 0.4) is 0 Å². The summed E-state index contributed by atoms with van der Waals surface area (Å²) < 4.78 is 0. The molecule has 1 atom stereocenters. The van der Waals surface area contributed by atoms with Gasteiger partial charge in [-0.05, 0) is 50.0 Å². The normalized spacial score (nSPS) is 20.0. The van der Waals surface area contributed by atoms with E-state index in [-0.39, 0.29) is 29.8 Å². The van der Waals surface area contributed by atoms with Crippen LogP contribution in [0.5, 0.6) is 0 Å². The lowest BCUT2D eigenvalue weighted by Crippen LogP contribution is -2.55. The van der Waals surface area contributed by atoms with Crippen LogP contribution in [0, 0.1) is 5.41 Å². The molecule has 0 aromatic heterocycles. The van der Waals surface area contributed by atoms with Crippen molar-refractivity contribution in [2.75, 3.05) is 20.6 Å². The van der Waals surface area contributed by atoms with Crippen molar-refractivity contribution in [3.8, 4) is 0 Å². The molecule has 1 aromatic rings. The second-order valence-electron chi connectivity index (χ2n) is 7.20. The van der Waals surface area contributed by atoms with Crippen molar-refractivity contribution < 1.29 is 4.79 Å². The number of hydrogen-bond acceptors (Lipinski definition) is 3. The zero-order chi connectivity index (χ0) is 16.2. The van der Waals surface area contributed by atoms with Crippen molar-refractivity contribution in [3.63, 3.8) is 0 Å². The Hall–Kier alpha value is -1.10. The van der Waals surface area contributed by atoms with Gasteiger partial charge in [0.25, 0.3) is 0 Å². The summed E-state index contributed by atoms with van der Waals surface area (Å²) in [6.45, 7) is 6.75. The van der Waals surface area contributed by atoms with Gasteiger partial charge in [0.2, 0.25) is 5.91 Å². The van der Waals surface area contributed by atoms with Gasteiger partial charge in [-0.3, -0.25) is 4.79 Å². The largest absolute Gasteiger partial charge is 0.351 e. The first-order valence-electron chi connectivity index (χ1n) is 8.13. The lowest BCUT2D eigenvalue weighted by Gasteiger charge is -2.38. The number of amides is 1. The number of hydrogen-bond donors (Lipinski definition) is 2. The monoisotopic (exact) mass is 339 g/mol. The number of halogens is 1. The molecule has 0 bridgehead atoms. The van der Waals surface area contributed by atoms with Crippen LogP contribution in [-0.2, 0) is 17.9 Å². The molecule has 1 saturated heterocycles. The zero-order valence-electron chi connectivity index (χ0n) is 14.7. The van der Waals surface area contributed by atoms with Gasteiger partial charge in [-0.15, -0.1) is 12.4 Å². The Bertz CT molecular complexity index is 517. The number of nitrogens with one attached hydrogen (secondary N) is 2. The van der Waals surface area contributed by atoms with E-state index in [9.17, 15) is 4.79 Å². The molecular formula is C18H30ClN3O. The van der Waals surface area contributed by atoms with E-state index < -0.39 is 0 Å². The van der Waals surface area contributed by atoms with Crippen LogP contribution in [-0.4, -0.2) is 37.5 Å². The molecule has 0 aliphatic carbocycles. The van der Waals surface area contributed by atoms with E-state index in [1.165, 1.54) is 11.1 Å². The second-order valence-corrected chi connectivity index (χ2v) is 7.20. The molecule has 23 heavy (non-hydrogen) atoms. The fourth-order valence-electron chi connectivity index (χ4n) is 3.17. The molecule has 1 aromatic carbocycles. The van der Waals surface area contributed by atoms with Crippen molar-refractivity contribution >= 4 is 18.3 Å². The van der Waals surface area contributed by atoms with Gasteiger partial charge in [-0.2, -0.15) is 0 Å². The van der Waals surface area contributed by atoms with E-state index in [0.717, 1.165) is 25.9 Å². The lowest BCUT2D eigenvalue weighted by atomic mass is 9.77. The number of carbonyl (C=O) groups excluding carboxylic acids is 1. The molecule has 1 aliphatic heterocycles. The predicted octanol–water partition coefficient (Wildman–Crippen LogP) is 2.56. The zero-order valence-corrected chi connectivity index (χ0v) is 15.5. The number of benzene rings is 1. The molecule has 1 fully saturated rings. The van der Waals surface area contributed by atoms with Crippen molar-refractivity contribution in [2.24, 2.45) is 5.41 Å². The van der Waals surface area contributed by atoms with Crippen LogP contribution in [0.2, 0.25) is 0 Å². The van der Waals surface area contributed by atoms with Crippen LogP contribution in [0.15, 0.2) is 24.3 Å². The molecular weight excluding hydrogens is 310 g/mol. The Morgan fingerprint density at radius 1 is 1.30 bits per heavy atom. The maximum atomic E-state index is 12.5. The minimum Gasteiger partial charge on any atom is -0.351 e. The first-order valence-corrected chi connectivity index (χ1v) is 8.13. The van der Waals surface area contributed by atoms with Gasteiger partial charge in [0.1, 0.15) is 0 Å². The number of piperidine rings is 1. The van der Waals surface area contributed by atoms with Crippen molar-refractivity contribution in [1.82, 2.24) is 15.5 Å². The third kappa shape index (κ3) is 5.48. The standard InChI is InChI=1S/C18H29N3O.ClH/c1-18(2)10-7-11-19-16(18)17(22)20-12-14-8-5-6-9-15(14)13-21(3)4;/h5-6,8-9,16,19H,7,10-13H2,1-4H3,(H,20,22);1H. The van der Waals surface area contributed by atoms with Crippen LogP contribution in [0.4, 0.5) is 0 Å². The van der Waals surface area contributed by atoms with Crippen LogP contribution >= 0.6 is 12.4 Å². The highest BCUT2D eigenvalue weighted by molar-refractivity contribution is 5.85. The summed E-state index contributed by atoms with van der Waals surface area (Å²) in [4.78, 5) is 14.7. The van der Waals surface area contributed by atoms with Gasteiger partial charge in [0.15, 0.2) is 0 Å². The van der Waals surface area contributed by atoms with Crippen molar-refractivity contribution in [1.29, 1.82) is 0 Å². The summed E-state index contributed by atoms with van der Waals surface area (Å²) in [6, 6.07) is 8.21. The van der Waals surface area contributed by atoms with E-state index in [4.69, 9.17) is 0 Å². The van der Waals surface area contributed by atoms with E-state index in [0.29, 0.717) is 6.54 Å². The van der Waals surface area contributed by atoms with Gasteiger partial charge in [0, 0.05) is 13.1 Å². The lowest BCUT2D eigenvalue weighted by molar-refractivity contribution is -0.126. The van der Waals surface area contributed by atoms with Crippen molar-refractivity contribution in [2.45, 2.75) is 45.8 Å². The average Bonchev–Trinajstić information content (AvgIpc) is 2.45. The molecule has 2 rings (SSSR count). The maximum Gasteiger partial charge on any atom is 0.237 e. The van der Waals surface area contributed by atoms with Gasteiger partial charge in [0.05, 0.1) is 6.04 Å². The summed E-state index contributed by atoms with van der Waals surface area (Å²) in [5, 5.41) is 6.49. The van der Waals surface area contributed by atoms with E-state index in [1.807, 2.05) is 6.07 Å². The number of nitrogens with zero attached hydrogens (tertiary/aromatic N) is 1.